The third-order valence-electron chi connectivity index (χ3n) is 5.68. The highest BCUT2D eigenvalue weighted by Crippen LogP contribution is 2.39. The number of imide groups is 1. The smallest absolute Gasteiger partial charge is 0.421 e. The zero-order valence-corrected chi connectivity index (χ0v) is 21.0. The predicted octanol–water partition coefficient (Wildman–Crippen LogP) is 5.94. The number of amides is 2. The Hall–Kier alpha value is -4.52. The van der Waals surface area contributed by atoms with Crippen molar-refractivity contribution in [3.8, 4) is 11.5 Å². The fourth-order valence-electron chi connectivity index (χ4n) is 3.84. The van der Waals surface area contributed by atoms with Crippen molar-refractivity contribution < 1.29 is 41.7 Å². The van der Waals surface area contributed by atoms with Crippen LogP contribution in [0.1, 0.15) is 30.9 Å². The second kappa shape index (κ2) is 9.74. The summed E-state index contributed by atoms with van der Waals surface area (Å²) in [7, 11) is -4.10. The lowest BCUT2D eigenvalue weighted by Gasteiger charge is -2.16. The van der Waals surface area contributed by atoms with E-state index in [9.17, 15) is 26.8 Å². The molecule has 0 fully saturated rings. The van der Waals surface area contributed by atoms with Crippen molar-refractivity contribution in [2.75, 3.05) is 4.90 Å². The lowest BCUT2D eigenvalue weighted by atomic mass is 10.0. The summed E-state index contributed by atoms with van der Waals surface area (Å²) in [5.74, 6) is -4.07. The molecule has 13 heteroatoms. The molecular weight excluding hydrogens is 524 g/mol. The van der Waals surface area contributed by atoms with Crippen LogP contribution in [0.15, 0.2) is 59.8 Å². The highest BCUT2D eigenvalue weighted by Gasteiger charge is 2.28. The first-order valence-electron chi connectivity index (χ1n) is 11.1. The number of aromatic nitrogens is 2. The minimum atomic E-state index is -4.10. The Morgan fingerprint density at radius 1 is 1.03 bits per heavy atom. The minimum Gasteiger partial charge on any atom is -0.464 e. The van der Waals surface area contributed by atoms with Crippen molar-refractivity contribution in [3.05, 3.63) is 77.6 Å². The molecule has 0 bridgehead atoms. The van der Waals surface area contributed by atoms with Crippen LogP contribution in [-0.4, -0.2) is 39.8 Å². The Balaban J connectivity index is 1.87. The molecule has 4 aromatic rings. The highest BCUT2D eigenvalue weighted by atomic mass is 32.2. The van der Waals surface area contributed by atoms with Crippen molar-refractivity contribution in [2.24, 2.45) is 0 Å². The Labute approximate surface area is 215 Å². The molecule has 0 atom stereocenters. The van der Waals surface area contributed by atoms with Crippen LogP contribution in [0.2, 0.25) is 0 Å². The number of aryl methyl sites for hydroxylation is 1. The lowest BCUT2D eigenvalue weighted by Crippen LogP contribution is -2.34. The molecule has 38 heavy (non-hydrogen) atoms. The van der Waals surface area contributed by atoms with Gasteiger partial charge in [-0.25, -0.2) is 35.7 Å². The molecule has 0 radical (unpaired) electrons. The zero-order chi connectivity index (χ0) is 27.9. The molecule has 0 saturated carbocycles. The maximum Gasteiger partial charge on any atom is 0.421 e. The molecular formula is C25H21F2N3O7S. The number of hydrogen-bond acceptors (Lipinski definition) is 6. The molecule has 0 aliphatic heterocycles. The Morgan fingerprint density at radius 2 is 1.61 bits per heavy atom. The van der Waals surface area contributed by atoms with E-state index < -0.39 is 45.3 Å². The van der Waals surface area contributed by atoms with Gasteiger partial charge in [-0.3, -0.25) is 0 Å². The number of fused-ring (bicyclic) bond motifs is 1. The van der Waals surface area contributed by atoms with E-state index in [1.54, 1.807) is 26.0 Å². The van der Waals surface area contributed by atoms with Gasteiger partial charge in [0.1, 0.15) is 5.75 Å². The summed E-state index contributed by atoms with van der Waals surface area (Å²) >= 11 is 0. The third kappa shape index (κ3) is 4.63. The first kappa shape index (κ1) is 26.5. The highest BCUT2D eigenvalue weighted by molar-refractivity contribution is 7.90. The van der Waals surface area contributed by atoms with Gasteiger partial charge in [-0.1, -0.05) is 31.5 Å². The first-order valence-corrected chi connectivity index (χ1v) is 12.5. The summed E-state index contributed by atoms with van der Waals surface area (Å²) in [4.78, 5) is 26.4. The van der Waals surface area contributed by atoms with Gasteiger partial charge in [0.15, 0.2) is 23.0 Å². The van der Waals surface area contributed by atoms with E-state index in [2.05, 4.69) is 4.98 Å². The van der Waals surface area contributed by atoms with E-state index in [1.165, 1.54) is 30.6 Å². The van der Waals surface area contributed by atoms with E-state index in [4.69, 9.17) is 14.9 Å². The molecule has 0 aliphatic rings. The number of carboxylic acid groups (broad SMARTS) is 2. The number of ether oxygens (including phenoxy) is 1. The molecule has 4 rings (SSSR count). The quantitative estimate of drug-likeness (QED) is 0.304. The van der Waals surface area contributed by atoms with Gasteiger partial charge < -0.3 is 14.9 Å². The number of anilines is 1. The van der Waals surface area contributed by atoms with Crippen LogP contribution >= 0.6 is 0 Å². The van der Waals surface area contributed by atoms with Gasteiger partial charge in [-0.05, 0) is 36.6 Å². The molecule has 198 valence electrons. The van der Waals surface area contributed by atoms with Crippen LogP contribution in [0.5, 0.6) is 11.5 Å². The standard InChI is InChI=1S/C25H21F2N3O7S/c1-13(2)17-12-29(38(35,36)16-6-4-14(3)5-7-16)23-21(17)20(8-9-28-23)37-22-18(26)10-15(11-19(22)27)30(24(31)32)25(33)34/h4-13H,1-3H3,(H,31,32)(H,33,34). The molecule has 2 heterocycles. The largest absolute Gasteiger partial charge is 0.464 e. The van der Waals surface area contributed by atoms with Crippen LogP contribution in [-0.2, 0) is 10.0 Å². The van der Waals surface area contributed by atoms with Gasteiger partial charge in [0, 0.05) is 24.5 Å². The molecule has 2 amide bonds. The molecule has 0 spiro atoms. The fraction of sp³-hybridized carbons (Fsp3) is 0.160. The second-order valence-corrected chi connectivity index (χ2v) is 10.4. The Bertz CT molecular complexity index is 1650. The predicted molar refractivity (Wildman–Crippen MR) is 133 cm³/mol. The molecule has 2 aromatic heterocycles. The zero-order valence-electron chi connectivity index (χ0n) is 20.2. The molecule has 0 saturated heterocycles. The van der Waals surface area contributed by atoms with Crippen LogP contribution in [0.25, 0.3) is 11.0 Å². The minimum absolute atomic E-state index is 0.0116. The Morgan fingerprint density at radius 3 is 2.13 bits per heavy atom. The summed E-state index contributed by atoms with van der Waals surface area (Å²) in [6.07, 6.45) is -1.33. The van der Waals surface area contributed by atoms with Crippen LogP contribution in [0, 0.1) is 18.6 Å². The number of nitrogens with zero attached hydrogens (tertiary/aromatic N) is 3. The van der Waals surface area contributed by atoms with Crippen molar-refractivity contribution in [3.63, 3.8) is 0 Å². The topological polar surface area (TPSA) is 139 Å². The summed E-state index contributed by atoms with van der Waals surface area (Å²) in [5, 5.41) is 18.3. The van der Waals surface area contributed by atoms with Gasteiger partial charge >= 0.3 is 12.2 Å². The van der Waals surface area contributed by atoms with Crippen LogP contribution in [0.4, 0.5) is 24.1 Å². The number of halogens is 2. The van der Waals surface area contributed by atoms with E-state index in [-0.39, 0.29) is 32.5 Å². The van der Waals surface area contributed by atoms with E-state index >= 15 is 0 Å². The van der Waals surface area contributed by atoms with Crippen molar-refractivity contribution >= 4 is 38.9 Å². The average molecular weight is 546 g/mol. The van der Waals surface area contributed by atoms with Gasteiger partial charge in [0.25, 0.3) is 10.0 Å². The van der Waals surface area contributed by atoms with Gasteiger partial charge in [-0.15, -0.1) is 0 Å². The second-order valence-electron chi connectivity index (χ2n) is 8.60. The number of rotatable bonds is 6. The van der Waals surface area contributed by atoms with Gasteiger partial charge in [-0.2, -0.15) is 4.90 Å². The normalized spacial score (nSPS) is 11.6. The molecule has 2 N–H and O–H groups in total. The van der Waals surface area contributed by atoms with Gasteiger partial charge in [0.2, 0.25) is 0 Å². The first-order chi connectivity index (χ1) is 17.8. The summed E-state index contributed by atoms with van der Waals surface area (Å²) < 4.78 is 63.2. The fourth-order valence-corrected chi connectivity index (χ4v) is 5.17. The molecule has 0 aliphatic carbocycles. The average Bonchev–Trinajstić information content (AvgIpc) is 3.23. The van der Waals surface area contributed by atoms with E-state index in [0.29, 0.717) is 17.7 Å². The number of hydrogen-bond donors (Lipinski definition) is 2. The number of pyridine rings is 1. The third-order valence-corrected chi connectivity index (χ3v) is 7.35. The number of benzene rings is 2. The SMILES string of the molecule is Cc1ccc(S(=O)(=O)n2cc(C(C)C)c3c(Oc4c(F)cc(N(C(=O)O)C(=O)O)cc4F)ccnc32)cc1. The van der Waals surface area contributed by atoms with Crippen LogP contribution < -0.4 is 9.64 Å². The number of carbonyl (C=O) groups is 2. The summed E-state index contributed by atoms with van der Waals surface area (Å²) in [6.45, 7) is 5.39. The van der Waals surface area contributed by atoms with Crippen molar-refractivity contribution in [1.82, 2.24) is 8.96 Å². The molecule has 2 aromatic carbocycles. The van der Waals surface area contributed by atoms with Crippen molar-refractivity contribution in [2.45, 2.75) is 31.6 Å². The molecule has 0 unspecified atom stereocenters. The monoisotopic (exact) mass is 545 g/mol. The summed E-state index contributed by atoms with van der Waals surface area (Å²) in [6, 6.07) is 8.49. The lowest BCUT2D eigenvalue weighted by molar-refractivity contribution is 0.184. The summed E-state index contributed by atoms with van der Waals surface area (Å²) in [5.41, 5.74) is 0.514. The maximum atomic E-state index is 14.9. The van der Waals surface area contributed by atoms with E-state index in [0.717, 1.165) is 9.54 Å². The van der Waals surface area contributed by atoms with Gasteiger partial charge in [0.05, 0.1) is 16.0 Å². The molecule has 10 nitrogen and oxygen atoms in total. The Kier molecular flexibility index (Phi) is 6.80. The van der Waals surface area contributed by atoms with Crippen molar-refractivity contribution in [1.29, 1.82) is 0 Å². The van der Waals surface area contributed by atoms with E-state index in [1.807, 2.05) is 6.92 Å². The maximum absolute atomic E-state index is 14.9. The van der Waals surface area contributed by atoms with Crippen LogP contribution in [0.3, 0.4) is 0 Å².